The summed E-state index contributed by atoms with van der Waals surface area (Å²) in [6.07, 6.45) is 0.785. The number of hydrogen-bond acceptors (Lipinski definition) is 3. The predicted molar refractivity (Wildman–Crippen MR) is 53.1 cm³/mol. The Balaban J connectivity index is 2.52. The summed E-state index contributed by atoms with van der Waals surface area (Å²) in [5.74, 6) is 0.139. The maximum absolute atomic E-state index is 11.7. The molecule has 0 bridgehead atoms. The first kappa shape index (κ1) is 11.0. The zero-order valence-corrected chi connectivity index (χ0v) is 8.73. The Morgan fingerprint density at radius 3 is 2.71 bits per heavy atom. The zero-order chi connectivity index (χ0) is 10.7. The van der Waals surface area contributed by atoms with Crippen LogP contribution in [0.25, 0.3) is 0 Å². The molecule has 1 heterocycles. The van der Waals surface area contributed by atoms with E-state index in [0.29, 0.717) is 13.1 Å². The van der Waals surface area contributed by atoms with Crippen molar-refractivity contribution in [1.82, 2.24) is 4.90 Å². The predicted octanol–water partition coefficient (Wildman–Crippen LogP) is 0.342. The van der Waals surface area contributed by atoms with E-state index in [2.05, 4.69) is 6.07 Å². The summed E-state index contributed by atoms with van der Waals surface area (Å²) in [6.45, 7) is 5.09. The van der Waals surface area contributed by atoms with Crippen LogP contribution >= 0.6 is 0 Å². The van der Waals surface area contributed by atoms with Gasteiger partial charge in [0.15, 0.2) is 0 Å². The number of rotatable bonds is 2. The third kappa shape index (κ3) is 2.24. The average Bonchev–Trinajstić information content (AvgIpc) is 2.63. The molecule has 0 aromatic heterocycles. The van der Waals surface area contributed by atoms with E-state index in [1.165, 1.54) is 0 Å². The van der Waals surface area contributed by atoms with Gasteiger partial charge in [0.1, 0.15) is 0 Å². The Hall–Kier alpha value is -1.08. The van der Waals surface area contributed by atoms with Gasteiger partial charge in [-0.2, -0.15) is 5.26 Å². The Labute approximate surface area is 84.7 Å². The molecule has 0 spiro atoms. The van der Waals surface area contributed by atoms with Gasteiger partial charge in [-0.3, -0.25) is 4.79 Å². The molecule has 0 aromatic rings. The fraction of sp³-hybridized carbons (Fsp3) is 0.800. The summed E-state index contributed by atoms with van der Waals surface area (Å²) in [5, 5.41) is 8.69. The fourth-order valence-electron chi connectivity index (χ4n) is 1.56. The maximum Gasteiger partial charge on any atom is 0.239 e. The standard InChI is InChI=1S/C10H17N3O/c1-7(2)9(12)10(14)13-4-3-8(5-11)6-13/h7-9H,3-4,6,12H2,1-2H3/t8?,9-/m1/s1. The molecule has 78 valence electrons. The lowest BCUT2D eigenvalue weighted by atomic mass is 10.0. The van der Waals surface area contributed by atoms with Crippen LogP contribution in [0.4, 0.5) is 0 Å². The number of nitrogens with zero attached hydrogens (tertiary/aromatic N) is 2. The normalized spacial score (nSPS) is 23.6. The zero-order valence-electron chi connectivity index (χ0n) is 8.73. The van der Waals surface area contributed by atoms with Crippen LogP contribution in [0.2, 0.25) is 0 Å². The van der Waals surface area contributed by atoms with Crippen LogP contribution < -0.4 is 5.73 Å². The van der Waals surface area contributed by atoms with E-state index in [-0.39, 0.29) is 17.7 Å². The van der Waals surface area contributed by atoms with Crippen molar-refractivity contribution < 1.29 is 4.79 Å². The number of carbonyl (C=O) groups is 1. The Morgan fingerprint density at radius 2 is 2.29 bits per heavy atom. The molecule has 0 radical (unpaired) electrons. The first-order valence-corrected chi connectivity index (χ1v) is 5.00. The van der Waals surface area contributed by atoms with Crippen molar-refractivity contribution in [1.29, 1.82) is 5.26 Å². The molecule has 1 fully saturated rings. The molecule has 1 unspecified atom stereocenters. The molecule has 1 aliphatic rings. The molecule has 0 saturated carbocycles. The Kier molecular flexibility index (Phi) is 3.48. The number of hydrogen-bond donors (Lipinski definition) is 1. The van der Waals surface area contributed by atoms with Crippen molar-refractivity contribution in [3.8, 4) is 6.07 Å². The second-order valence-corrected chi connectivity index (χ2v) is 4.17. The number of nitrogens with two attached hydrogens (primary N) is 1. The molecule has 2 atom stereocenters. The van der Waals surface area contributed by atoms with Gasteiger partial charge in [-0.15, -0.1) is 0 Å². The summed E-state index contributed by atoms with van der Waals surface area (Å²) in [4.78, 5) is 13.4. The number of carbonyl (C=O) groups excluding carboxylic acids is 1. The van der Waals surface area contributed by atoms with Crippen molar-refractivity contribution in [2.75, 3.05) is 13.1 Å². The number of amides is 1. The lowest BCUT2D eigenvalue weighted by Gasteiger charge is -2.22. The fourth-order valence-corrected chi connectivity index (χ4v) is 1.56. The van der Waals surface area contributed by atoms with Gasteiger partial charge in [0, 0.05) is 13.1 Å². The quantitative estimate of drug-likeness (QED) is 0.690. The van der Waals surface area contributed by atoms with Crippen molar-refractivity contribution in [2.45, 2.75) is 26.3 Å². The first-order chi connectivity index (χ1) is 6.56. The maximum atomic E-state index is 11.7. The van der Waals surface area contributed by atoms with E-state index >= 15 is 0 Å². The average molecular weight is 195 g/mol. The lowest BCUT2D eigenvalue weighted by molar-refractivity contribution is -0.132. The monoisotopic (exact) mass is 195 g/mol. The van der Waals surface area contributed by atoms with Crippen LogP contribution in [-0.2, 0) is 4.79 Å². The summed E-state index contributed by atoms with van der Waals surface area (Å²) in [5.41, 5.74) is 5.75. The van der Waals surface area contributed by atoms with Crippen LogP contribution in [-0.4, -0.2) is 29.9 Å². The van der Waals surface area contributed by atoms with E-state index in [1.807, 2.05) is 13.8 Å². The van der Waals surface area contributed by atoms with Crippen LogP contribution in [0.15, 0.2) is 0 Å². The van der Waals surface area contributed by atoms with Gasteiger partial charge < -0.3 is 10.6 Å². The van der Waals surface area contributed by atoms with Crippen LogP contribution in [0.1, 0.15) is 20.3 Å². The van der Waals surface area contributed by atoms with E-state index in [4.69, 9.17) is 11.0 Å². The Bertz CT molecular complexity index is 257. The van der Waals surface area contributed by atoms with Gasteiger partial charge in [-0.25, -0.2) is 0 Å². The van der Waals surface area contributed by atoms with Gasteiger partial charge >= 0.3 is 0 Å². The second-order valence-electron chi connectivity index (χ2n) is 4.17. The topological polar surface area (TPSA) is 70.1 Å². The third-order valence-electron chi connectivity index (χ3n) is 2.69. The molecule has 0 aliphatic carbocycles. The van der Waals surface area contributed by atoms with Crippen molar-refractivity contribution >= 4 is 5.91 Å². The van der Waals surface area contributed by atoms with Gasteiger partial charge in [-0.1, -0.05) is 13.8 Å². The summed E-state index contributed by atoms with van der Waals surface area (Å²) in [7, 11) is 0. The minimum absolute atomic E-state index is 0.00156. The SMILES string of the molecule is CC(C)[C@@H](N)C(=O)N1CCC(C#N)C1. The lowest BCUT2D eigenvalue weighted by Crippen LogP contribution is -2.45. The highest BCUT2D eigenvalue weighted by molar-refractivity contribution is 5.82. The molecule has 1 aliphatic heterocycles. The van der Waals surface area contributed by atoms with Crippen molar-refractivity contribution in [3.05, 3.63) is 0 Å². The smallest absolute Gasteiger partial charge is 0.239 e. The molecule has 1 rings (SSSR count). The molecule has 4 heteroatoms. The summed E-state index contributed by atoms with van der Waals surface area (Å²) in [6, 6.07) is 1.76. The largest absolute Gasteiger partial charge is 0.340 e. The molecular formula is C10H17N3O. The number of nitriles is 1. The highest BCUT2D eigenvalue weighted by Crippen LogP contribution is 2.16. The minimum Gasteiger partial charge on any atom is -0.340 e. The summed E-state index contributed by atoms with van der Waals surface area (Å²) >= 11 is 0. The minimum atomic E-state index is -0.424. The molecule has 14 heavy (non-hydrogen) atoms. The molecule has 4 nitrogen and oxygen atoms in total. The Morgan fingerprint density at radius 1 is 1.64 bits per heavy atom. The van der Waals surface area contributed by atoms with Gasteiger partial charge in [0.05, 0.1) is 18.0 Å². The number of likely N-dealkylation sites (tertiary alicyclic amines) is 1. The van der Waals surface area contributed by atoms with E-state index < -0.39 is 6.04 Å². The van der Waals surface area contributed by atoms with Gasteiger partial charge in [0.2, 0.25) is 5.91 Å². The third-order valence-corrected chi connectivity index (χ3v) is 2.69. The van der Waals surface area contributed by atoms with Crippen LogP contribution in [0.3, 0.4) is 0 Å². The first-order valence-electron chi connectivity index (χ1n) is 5.00. The molecule has 1 saturated heterocycles. The highest BCUT2D eigenvalue weighted by Gasteiger charge is 2.30. The molecular weight excluding hydrogens is 178 g/mol. The van der Waals surface area contributed by atoms with Gasteiger partial charge in [0.25, 0.3) is 0 Å². The van der Waals surface area contributed by atoms with Crippen LogP contribution in [0.5, 0.6) is 0 Å². The summed E-state index contributed by atoms with van der Waals surface area (Å²) < 4.78 is 0. The molecule has 0 aromatic carbocycles. The van der Waals surface area contributed by atoms with Gasteiger partial charge in [-0.05, 0) is 12.3 Å². The van der Waals surface area contributed by atoms with E-state index in [9.17, 15) is 4.79 Å². The van der Waals surface area contributed by atoms with E-state index in [1.54, 1.807) is 4.90 Å². The highest BCUT2D eigenvalue weighted by atomic mass is 16.2. The second kappa shape index (κ2) is 4.43. The van der Waals surface area contributed by atoms with Crippen LogP contribution in [0, 0.1) is 23.2 Å². The van der Waals surface area contributed by atoms with E-state index in [0.717, 1.165) is 6.42 Å². The van der Waals surface area contributed by atoms with Crippen molar-refractivity contribution in [3.63, 3.8) is 0 Å². The molecule has 2 N–H and O–H groups in total. The molecule has 1 amide bonds. The van der Waals surface area contributed by atoms with Crippen molar-refractivity contribution in [2.24, 2.45) is 17.6 Å².